The smallest absolute Gasteiger partial charge is 0.251 e. The third kappa shape index (κ3) is 4.17. The first kappa shape index (κ1) is 17.4. The third-order valence-electron chi connectivity index (χ3n) is 4.14. The Hall–Kier alpha value is -2.40. The summed E-state index contributed by atoms with van der Waals surface area (Å²) in [5, 5.41) is 7.46. The quantitative estimate of drug-likeness (QED) is 0.699. The van der Waals surface area contributed by atoms with E-state index in [1.165, 1.54) is 0 Å². The van der Waals surface area contributed by atoms with Gasteiger partial charge in [-0.25, -0.2) is 0 Å². The lowest BCUT2D eigenvalue weighted by Crippen LogP contribution is -2.22. The van der Waals surface area contributed by atoms with Gasteiger partial charge in [0, 0.05) is 12.1 Å². The van der Waals surface area contributed by atoms with Gasteiger partial charge in [0.25, 0.3) is 5.91 Å². The Labute approximate surface area is 156 Å². The molecule has 0 aliphatic rings. The SMILES string of the molecule is Cc1nn(Cc2ccc(C(=O)NCc3ccccc3)cc2)c(C)c1Br. The zero-order valence-electron chi connectivity index (χ0n) is 14.3. The minimum Gasteiger partial charge on any atom is -0.348 e. The Morgan fingerprint density at radius 3 is 2.32 bits per heavy atom. The van der Waals surface area contributed by atoms with Crippen molar-refractivity contribution in [3.63, 3.8) is 0 Å². The number of halogens is 1. The lowest BCUT2D eigenvalue weighted by Gasteiger charge is -2.08. The van der Waals surface area contributed by atoms with Gasteiger partial charge in [-0.15, -0.1) is 0 Å². The van der Waals surface area contributed by atoms with E-state index >= 15 is 0 Å². The predicted octanol–water partition coefficient (Wildman–Crippen LogP) is 4.24. The van der Waals surface area contributed by atoms with E-state index in [1.54, 1.807) is 0 Å². The van der Waals surface area contributed by atoms with Crippen molar-refractivity contribution in [3.8, 4) is 0 Å². The maximum atomic E-state index is 12.3. The van der Waals surface area contributed by atoms with Crippen LogP contribution in [-0.4, -0.2) is 15.7 Å². The maximum absolute atomic E-state index is 12.3. The van der Waals surface area contributed by atoms with Crippen LogP contribution in [0, 0.1) is 13.8 Å². The number of hydrogen-bond donors (Lipinski definition) is 1. The van der Waals surface area contributed by atoms with Crippen LogP contribution in [0.1, 0.15) is 32.9 Å². The summed E-state index contributed by atoms with van der Waals surface area (Å²) >= 11 is 3.54. The largest absolute Gasteiger partial charge is 0.348 e. The van der Waals surface area contributed by atoms with Gasteiger partial charge in [0.05, 0.1) is 22.4 Å². The number of nitrogens with one attached hydrogen (secondary N) is 1. The molecular weight excluding hydrogens is 378 g/mol. The highest BCUT2D eigenvalue weighted by Crippen LogP contribution is 2.20. The van der Waals surface area contributed by atoms with E-state index in [2.05, 4.69) is 26.3 Å². The summed E-state index contributed by atoms with van der Waals surface area (Å²) in [5.74, 6) is -0.0655. The van der Waals surface area contributed by atoms with Gasteiger partial charge < -0.3 is 5.32 Å². The number of rotatable bonds is 5. The third-order valence-corrected chi connectivity index (χ3v) is 5.29. The highest BCUT2D eigenvalue weighted by Gasteiger charge is 2.10. The van der Waals surface area contributed by atoms with Crippen LogP contribution in [0.3, 0.4) is 0 Å². The van der Waals surface area contributed by atoms with Crippen molar-refractivity contribution >= 4 is 21.8 Å². The average Bonchev–Trinajstić information content (AvgIpc) is 2.88. The van der Waals surface area contributed by atoms with Crippen LogP contribution in [0.4, 0.5) is 0 Å². The fourth-order valence-corrected chi connectivity index (χ4v) is 2.93. The molecule has 0 aliphatic heterocycles. The summed E-state index contributed by atoms with van der Waals surface area (Å²) in [6, 6.07) is 17.6. The Bertz CT molecular complexity index is 870. The number of aryl methyl sites for hydroxylation is 1. The number of amides is 1. The van der Waals surface area contributed by atoms with Gasteiger partial charge >= 0.3 is 0 Å². The van der Waals surface area contributed by atoms with Gasteiger partial charge in [-0.1, -0.05) is 42.5 Å². The first-order valence-corrected chi connectivity index (χ1v) is 8.94. The van der Waals surface area contributed by atoms with Gasteiger partial charge in [-0.3, -0.25) is 9.48 Å². The molecule has 1 N–H and O–H groups in total. The van der Waals surface area contributed by atoms with E-state index in [1.807, 2.05) is 73.1 Å². The standard InChI is InChI=1S/C20H20BrN3O/c1-14-19(21)15(2)24(23-14)13-17-8-10-18(11-9-17)20(25)22-12-16-6-4-3-5-7-16/h3-11H,12-13H2,1-2H3,(H,22,25). The van der Waals surface area contributed by atoms with Gasteiger partial charge in [0.2, 0.25) is 0 Å². The normalized spacial score (nSPS) is 10.7. The summed E-state index contributed by atoms with van der Waals surface area (Å²) in [7, 11) is 0. The molecule has 0 unspecified atom stereocenters. The molecule has 0 saturated carbocycles. The van der Waals surface area contributed by atoms with Crippen molar-refractivity contribution in [2.75, 3.05) is 0 Å². The van der Waals surface area contributed by atoms with Crippen LogP contribution >= 0.6 is 15.9 Å². The molecule has 0 spiro atoms. The minimum atomic E-state index is -0.0655. The summed E-state index contributed by atoms with van der Waals surface area (Å²) < 4.78 is 3.01. The van der Waals surface area contributed by atoms with Crippen LogP contribution < -0.4 is 5.32 Å². The molecule has 0 bridgehead atoms. The highest BCUT2D eigenvalue weighted by molar-refractivity contribution is 9.10. The molecule has 4 nitrogen and oxygen atoms in total. The molecular formula is C20H20BrN3O. The fourth-order valence-electron chi connectivity index (χ4n) is 2.64. The second-order valence-corrected chi connectivity index (χ2v) is 6.80. The lowest BCUT2D eigenvalue weighted by molar-refractivity contribution is 0.0951. The number of nitrogens with zero attached hydrogens (tertiary/aromatic N) is 2. The van der Waals surface area contributed by atoms with Crippen molar-refractivity contribution in [1.82, 2.24) is 15.1 Å². The molecule has 0 saturated heterocycles. The van der Waals surface area contributed by atoms with Crippen LogP contribution in [0.25, 0.3) is 0 Å². The Morgan fingerprint density at radius 2 is 1.72 bits per heavy atom. The zero-order valence-corrected chi connectivity index (χ0v) is 15.9. The first-order chi connectivity index (χ1) is 12.0. The van der Waals surface area contributed by atoms with Crippen LogP contribution in [0.2, 0.25) is 0 Å². The topological polar surface area (TPSA) is 46.9 Å². The van der Waals surface area contributed by atoms with Crippen molar-refractivity contribution in [1.29, 1.82) is 0 Å². The number of hydrogen-bond acceptors (Lipinski definition) is 2. The fraction of sp³-hybridized carbons (Fsp3) is 0.200. The zero-order chi connectivity index (χ0) is 17.8. The van der Waals surface area contributed by atoms with Crippen LogP contribution in [0.5, 0.6) is 0 Å². The van der Waals surface area contributed by atoms with Gasteiger partial charge in [-0.05, 0) is 53.0 Å². The molecule has 128 valence electrons. The molecule has 2 aromatic carbocycles. The maximum Gasteiger partial charge on any atom is 0.251 e. The average molecular weight is 398 g/mol. The molecule has 3 aromatic rings. The van der Waals surface area contributed by atoms with E-state index in [-0.39, 0.29) is 5.91 Å². The number of carbonyl (C=O) groups excluding carboxylic acids is 1. The summed E-state index contributed by atoms with van der Waals surface area (Å²) in [5.41, 5.74) is 4.94. The van der Waals surface area contributed by atoms with Gasteiger partial charge in [-0.2, -0.15) is 5.10 Å². The summed E-state index contributed by atoms with van der Waals surface area (Å²) in [4.78, 5) is 12.3. The van der Waals surface area contributed by atoms with Gasteiger partial charge in [0.1, 0.15) is 0 Å². The molecule has 0 fully saturated rings. The van der Waals surface area contributed by atoms with Gasteiger partial charge in [0.15, 0.2) is 0 Å². The molecule has 0 atom stereocenters. The Morgan fingerprint density at radius 1 is 1.04 bits per heavy atom. The first-order valence-electron chi connectivity index (χ1n) is 8.15. The molecule has 1 amide bonds. The summed E-state index contributed by atoms with van der Waals surface area (Å²) in [6.07, 6.45) is 0. The monoisotopic (exact) mass is 397 g/mol. The molecule has 5 heteroatoms. The van der Waals surface area contributed by atoms with E-state index < -0.39 is 0 Å². The minimum absolute atomic E-state index is 0.0655. The van der Waals surface area contributed by atoms with Crippen molar-refractivity contribution in [3.05, 3.63) is 87.1 Å². The highest BCUT2D eigenvalue weighted by atomic mass is 79.9. The Kier molecular flexibility index (Phi) is 5.34. The number of benzene rings is 2. The van der Waals surface area contributed by atoms with E-state index in [0.29, 0.717) is 18.7 Å². The molecule has 3 rings (SSSR count). The predicted molar refractivity (Wildman–Crippen MR) is 103 cm³/mol. The molecule has 0 aliphatic carbocycles. The van der Waals surface area contributed by atoms with Crippen LogP contribution in [-0.2, 0) is 13.1 Å². The van der Waals surface area contributed by atoms with Crippen molar-refractivity contribution in [2.45, 2.75) is 26.9 Å². The Balaban J connectivity index is 1.63. The van der Waals surface area contributed by atoms with Crippen molar-refractivity contribution in [2.24, 2.45) is 0 Å². The lowest BCUT2D eigenvalue weighted by atomic mass is 10.1. The number of aromatic nitrogens is 2. The summed E-state index contributed by atoms with van der Waals surface area (Å²) in [6.45, 7) is 5.23. The van der Waals surface area contributed by atoms with E-state index in [9.17, 15) is 4.79 Å². The second-order valence-electron chi connectivity index (χ2n) is 6.01. The molecule has 0 radical (unpaired) electrons. The van der Waals surface area contributed by atoms with E-state index in [4.69, 9.17) is 0 Å². The van der Waals surface area contributed by atoms with Crippen LogP contribution in [0.15, 0.2) is 59.1 Å². The molecule has 1 heterocycles. The molecule has 1 aromatic heterocycles. The van der Waals surface area contributed by atoms with Crippen molar-refractivity contribution < 1.29 is 4.79 Å². The second kappa shape index (κ2) is 7.66. The number of carbonyl (C=O) groups is 1. The van der Waals surface area contributed by atoms with E-state index in [0.717, 1.165) is 27.0 Å². The molecule has 25 heavy (non-hydrogen) atoms.